The van der Waals surface area contributed by atoms with E-state index < -0.39 is 13.5 Å². The Morgan fingerprint density at radius 3 is 1.58 bits per heavy atom. The molecule has 3 aliphatic rings. The predicted molar refractivity (Wildman–Crippen MR) is 142 cm³/mol. The molecule has 0 aromatic heterocycles. The summed E-state index contributed by atoms with van der Waals surface area (Å²) in [5.41, 5.74) is 0.991. The molecule has 0 bridgehead atoms. The average Bonchev–Trinajstić information content (AvgIpc) is 2.83. The van der Waals surface area contributed by atoms with Crippen molar-refractivity contribution in [3.05, 3.63) is 35.7 Å². The Kier molecular flexibility index (Phi) is 12.8. The SMILES string of the molecule is C1CCC([C-](C2CCCCC2)C2CCCCC2)CC1.CC(C)Oc1ccccc1[CH]=[Ru]([Cl])[Cl]. The molecule has 1 nitrogen and oxygen atoms in total. The minimum atomic E-state index is -1.77. The van der Waals surface area contributed by atoms with Crippen molar-refractivity contribution in [3.63, 3.8) is 0 Å². The van der Waals surface area contributed by atoms with Gasteiger partial charge in [-0.2, -0.15) is 17.8 Å². The molecule has 0 aliphatic heterocycles. The minimum absolute atomic E-state index is 0.163. The van der Waals surface area contributed by atoms with Crippen LogP contribution < -0.4 is 4.74 Å². The van der Waals surface area contributed by atoms with E-state index in [1.165, 1.54) is 57.8 Å². The summed E-state index contributed by atoms with van der Waals surface area (Å²) < 4.78 is 7.51. The van der Waals surface area contributed by atoms with Gasteiger partial charge in [0.05, 0.1) is 0 Å². The van der Waals surface area contributed by atoms with Crippen LogP contribution in [0.15, 0.2) is 24.3 Å². The normalized spacial score (nSPS) is 21.5. The van der Waals surface area contributed by atoms with Gasteiger partial charge in [-0.15, -0.1) is 0 Å². The van der Waals surface area contributed by atoms with Crippen LogP contribution in [0.4, 0.5) is 0 Å². The molecule has 190 valence electrons. The maximum absolute atomic E-state index is 5.82. The van der Waals surface area contributed by atoms with Crippen LogP contribution in [0.5, 0.6) is 5.75 Å². The summed E-state index contributed by atoms with van der Waals surface area (Å²) in [6.45, 7) is 3.99. The second-order valence-corrected chi connectivity index (χ2v) is 16.2. The van der Waals surface area contributed by atoms with E-state index in [2.05, 4.69) is 5.92 Å². The average molecular weight is 582 g/mol. The molecule has 1 aromatic carbocycles. The summed E-state index contributed by atoms with van der Waals surface area (Å²) in [7, 11) is 11.6. The van der Waals surface area contributed by atoms with Crippen molar-refractivity contribution in [2.24, 2.45) is 17.8 Å². The molecule has 4 rings (SSSR count). The van der Waals surface area contributed by atoms with E-state index >= 15 is 0 Å². The van der Waals surface area contributed by atoms with Crippen LogP contribution in [0.2, 0.25) is 0 Å². The van der Waals surface area contributed by atoms with Gasteiger partial charge in [0.1, 0.15) is 0 Å². The second-order valence-electron chi connectivity index (χ2n) is 10.5. The number of benzene rings is 1. The number of rotatable bonds is 6. The first kappa shape index (κ1) is 27.7. The van der Waals surface area contributed by atoms with Crippen LogP contribution in [0.3, 0.4) is 0 Å². The predicted octanol–water partition coefficient (Wildman–Crippen LogP) is 9.85. The molecular weight excluding hydrogens is 536 g/mol. The standard InChI is InChI=1S/C19H33.C10H12O.2ClH.Ru/c1-4-10-16(11-5-1)19(17-12-6-2-7-13-17)18-14-8-3-9-15-18;1-8(2)11-10-7-5-4-6-9(10)3;;;/h16-18H,1-15H2;3-8H,1-2H3;2*1H;/q-1;;;;+2/p-2. The molecule has 1 aromatic rings. The summed E-state index contributed by atoms with van der Waals surface area (Å²) >= 11 is -1.77. The Labute approximate surface area is 216 Å². The number of hydrogen-bond acceptors (Lipinski definition) is 1. The molecule has 0 heterocycles. The Bertz CT molecular complexity index is 655. The first-order valence-electron chi connectivity index (χ1n) is 13.5. The van der Waals surface area contributed by atoms with Crippen LogP contribution in [0.25, 0.3) is 0 Å². The second kappa shape index (κ2) is 15.3. The summed E-state index contributed by atoms with van der Waals surface area (Å²) in [6, 6.07) is 7.78. The quantitative estimate of drug-likeness (QED) is 0.240. The molecule has 4 heteroatoms. The zero-order valence-electron chi connectivity index (χ0n) is 20.8. The summed E-state index contributed by atoms with van der Waals surface area (Å²) in [4.78, 5) is 0. The van der Waals surface area contributed by atoms with Crippen LogP contribution in [0.1, 0.15) is 116 Å². The van der Waals surface area contributed by atoms with Crippen molar-refractivity contribution < 1.29 is 18.3 Å². The van der Waals surface area contributed by atoms with Gasteiger partial charge in [0, 0.05) is 0 Å². The van der Waals surface area contributed by atoms with Crippen molar-refractivity contribution >= 4 is 24.0 Å². The van der Waals surface area contributed by atoms with Crippen LogP contribution >= 0.6 is 19.4 Å². The van der Waals surface area contributed by atoms with E-state index in [4.69, 9.17) is 24.1 Å². The molecule has 33 heavy (non-hydrogen) atoms. The third-order valence-corrected chi connectivity index (χ3v) is 9.53. The van der Waals surface area contributed by atoms with Gasteiger partial charge in [0.15, 0.2) is 0 Å². The Hall–Kier alpha value is 0.0934. The van der Waals surface area contributed by atoms with Gasteiger partial charge >= 0.3 is 97.8 Å². The molecule has 3 fully saturated rings. The van der Waals surface area contributed by atoms with Crippen molar-refractivity contribution in [2.75, 3.05) is 0 Å². The van der Waals surface area contributed by atoms with E-state index in [-0.39, 0.29) is 6.10 Å². The first-order valence-corrected chi connectivity index (χ1v) is 19.0. The summed E-state index contributed by atoms with van der Waals surface area (Å²) in [5, 5.41) is 0. The van der Waals surface area contributed by atoms with Gasteiger partial charge in [-0.05, 0) is 0 Å². The molecule has 0 saturated heterocycles. The fourth-order valence-corrected chi connectivity index (χ4v) is 8.12. The van der Waals surface area contributed by atoms with E-state index in [1.54, 1.807) is 38.5 Å². The zero-order valence-corrected chi connectivity index (χ0v) is 24.1. The monoisotopic (exact) mass is 581 g/mol. The molecule has 0 radical (unpaired) electrons. The van der Waals surface area contributed by atoms with E-state index in [1.807, 2.05) is 42.7 Å². The van der Waals surface area contributed by atoms with Crippen molar-refractivity contribution in [1.29, 1.82) is 0 Å². The molecule has 0 amide bonds. The fraction of sp³-hybridized carbons (Fsp3) is 0.724. The van der Waals surface area contributed by atoms with E-state index in [9.17, 15) is 0 Å². The number of ether oxygens (including phenoxy) is 1. The maximum atomic E-state index is 5.82. The van der Waals surface area contributed by atoms with Gasteiger partial charge in [-0.25, -0.2) is 0 Å². The third kappa shape index (κ3) is 9.58. The van der Waals surface area contributed by atoms with Gasteiger partial charge in [-0.1, -0.05) is 96.3 Å². The Balaban J connectivity index is 0.000000196. The molecule has 3 saturated carbocycles. The number of halogens is 2. The third-order valence-electron chi connectivity index (χ3n) is 7.70. The molecule has 0 atom stereocenters. The van der Waals surface area contributed by atoms with Crippen LogP contribution in [-0.4, -0.2) is 10.7 Å². The molecule has 0 N–H and O–H groups in total. The van der Waals surface area contributed by atoms with E-state index in [0.717, 1.165) is 29.1 Å². The Morgan fingerprint density at radius 2 is 1.18 bits per heavy atom. The van der Waals surface area contributed by atoms with E-state index in [0.29, 0.717) is 0 Å². The fourth-order valence-electron chi connectivity index (χ4n) is 6.32. The summed E-state index contributed by atoms with van der Waals surface area (Å²) in [5.74, 6) is 6.08. The molecule has 0 unspecified atom stereocenters. The molecule has 0 spiro atoms. The molecular formula is C29H45Cl2ORu-. The van der Waals surface area contributed by atoms with Gasteiger partial charge in [-0.3, -0.25) is 0 Å². The molecule has 3 aliphatic carbocycles. The first-order chi connectivity index (χ1) is 16.0. The number of para-hydroxylation sites is 1. The van der Waals surface area contributed by atoms with Gasteiger partial charge in [0.2, 0.25) is 0 Å². The Morgan fingerprint density at radius 1 is 0.758 bits per heavy atom. The topological polar surface area (TPSA) is 9.23 Å². The van der Waals surface area contributed by atoms with Gasteiger partial charge < -0.3 is 5.92 Å². The van der Waals surface area contributed by atoms with Crippen molar-refractivity contribution in [1.82, 2.24) is 0 Å². The number of hydrogen-bond donors (Lipinski definition) is 0. The van der Waals surface area contributed by atoms with Crippen LogP contribution in [0, 0.1) is 23.7 Å². The van der Waals surface area contributed by atoms with Crippen LogP contribution in [-0.2, 0) is 13.5 Å². The van der Waals surface area contributed by atoms with Gasteiger partial charge in [0.25, 0.3) is 0 Å². The summed E-state index contributed by atoms with van der Waals surface area (Å²) in [6.07, 6.45) is 23.1. The van der Waals surface area contributed by atoms with Crippen molar-refractivity contribution in [2.45, 2.75) is 116 Å². The zero-order chi connectivity index (χ0) is 23.5. The van der Waals surface area contributed by atoms with Crippen molar-refractivity contribution in [3.8, 4) is 5.75 Å².